The molecule has 0 aromatic heterocycles. The van der Waals surface area contributed by atoms with Gasteiger partial charge in [-0.15, -0.1) is 17.0 Å². The van der Waals surface area contributed by atoms with E-state index in [9.17, 15) is 0 Å². The second-order valence-electron chi connectivity index (χ2n) is 0.154. The van der Waals surface area contributed by atoms with Gasteiger partial charge in [0.05, 0.1) is 0 Å². The molecular formula is CH5Br2N. The fourth-order valence-electron chi connectivity index (χ4n) is 0. The quantitative estimate of drug-likeness (QED) is 0.446. The van der Waals surface area contributed by atoms with Crippen molar-refractivity contribution in [2.75, 3.05) is 5.45 Å². The van der Waals surface area contributed by atoms with Crippen LogP contribution in [-0.4, -0.2) is 5.45 Å². The number of hydrogen-bond donors (Lipinski definition) is 1. The third-order valence-corrected chi connectivity index (χ3v) is 0. The molecule has 0 spiro atoms. The largest absolute Gasteiger partial charge is 0.321 e. The topological polar surface area (TPSA) is 26.0 Å². The van der Waals surface area contributed by atoms with E-state index < -0.39 is 0 Å². The van der Waals surface area contributed by atoms with Gasteiger partial charge in [-0.1, -0.05) is 15.9 Å². The molecule has 2 N–H and O–H groups in total. The molecule has 4 heavy (non-hydrogen) atoms. The molecule has 0 atom stereocenters. The van der Waals surface area contributed by atoms with Gasteiger partial charge in [0.2, 0.25) is 0 Å². The lowest BCUT2D eigenvalue weighted by atomic mass is 11.6. The van der Waals surface area contributed by atoms with Gasteiger partial charge in [-0.3, -0.25) is 0 Å². The lowest BCUT2D eigenvalue weighted by Gasteiger charge is -1.50. The Kier molecular flexibility index (Phi) is 20.1. The number of hydrogen-bond acceptors (Lipinski definition) is 1. The maximum atomic E-state index is 4.76. The number of alkyl halides is 1. The molecule has 0 fully saturated rings. The lowest BCUT2D eigenvalue weighted by molar-refractivity contribution is 1.43. The van der Waals surface area contributed by atoms with Gasteiger partial charge in [0.15, 0.2) is 0 Å². The third-order valence-electron chi connectivity index (χ3n) is 0. The first-order valence-corrected chi connectivity index (χ1v) is 1.80. The molecule has 0 unspecified atom stereocenters. The predicted molar refractivity (Wildman–Crippen MR) is 28.3 cm³/mol. The predicted octanol–water partition coefficient (Wildman–Crippen LogP) is 0.875. The zero-order valence-corrected chi connectivity index (χ0v) is 5.37. The molecular weight excluding hydrogens is 186 g/mol. The Labute approximate surface area is 44.5 Å². The third kappa shape index (κ3) is 12.7. The van der Waals surface area contributed by atoms with Crippen molar-refractivity contribution in [1.29, 1.82) is 0 Å². The van der Waals surface area contributed by atoms with E-state index in [1.807, 2.05) is 0 Å². The Morgan fingerprint density at radius 2 is 1.75 bits per heavy atom. The van der Waals surface area contributed by atoms with E-state index in [2.05, 4.69) is 15.9 Å². The lowest BCUT2D eigenvalue weighted by Crippen LogP contribution is -1.82. The van der Waals surface area contributed by atoms with E-state index in [4.69, 9.17) is 5.73 Å². The van der Waals surface area contributed by atoms with Gasteiger partial charge in [0, 0.05) is 5.45 Å². The minimum Gasteiger partial charge on any atom is -0.321 e. The van der Waals surface area contributed by atoms with Crippen LogP contribution in [-0.2, 0) is 0 Å². The van der Waals surface area contributed by atoms with Crippen LogP contribution in [0.5, 0.6) is 0 Å². The molecule has 0 saturated carbocycles. The summed E-state index contributed by atoms with van der Waals surface area (Å²) in [5, 5.41) is 0. The first kappa shape index (κ1) is 8.87. The SMILES string of the molecule is Br.NCBr. The van der Waals surface area contributed by atoms with Crippen LogP contribution in [0, 0.1) is 0 Å². The van der Waals surface area contributed by atoms with Crippen LogP contribution in [0.15, 0.2) is 0 Å². The van der Waals surface area contributed by atoms with Crippen LogP contribution in [0.25, 0.3) is 0 Å². The van der Waals surface area contributed by atoms with E-state index in [0.717, 1.165) is 0 Å². The fourth-order valence-corrected chi connectivity index (χ4v) is 0. The summed E-state index contributed by atoms with van der Waals surface area (Å²) in [5.74, 6) is 0. The molecule has 0 bridgehead atoms. The average molecular weight is 191 g/mol. The summed E-state index contributed by atoms with van der Waals surface area (Å²) < 4.78 is 0. The van der Waals surface area contributed by atoms with Crippen molar-refractivity contribution < 1.29 is 0 Å². The molecule has 0 aliphatic carbocycles. The van der Waals surface area contributed by atoms with Gasteiger partial charge in [0.1, 0.15) is 0 Å². The summed E-state index contributed by atoms with van der Waals surface area (Å²) >= 11 is 2.92. The first-order valence-electron chi connectivity index (χ1n) is 0.676. The van der Waals surface area contributed by atoms with E-state index in [1.54, 1.807) is 0 Å². The summed E-state index contributed by atoms with van der Waals surface area (Å²) in [4.78, 5) is 0. The molecule has 28 valence electrons. The highest BCUT2D eigenvalue weighted by atomic mass is 79.9. The van der Waals surface area contributed by atoms with Crippen molar-refractivity contribution in [3.63, 3.8) is 0 Å². The first-order chi connectivity index (χ1) is 1.41. The second-order valence-corrected chi connectivity index (χ2v) is 0.802. The van der Waals surface area contributed by atoms with E-state index in [-0.39, 0.29) is 17.0 Å². The molecule has 0 aromatic rings. The Morgan fingerprint density at radius 1 is 1.75 bits per heavy atom. The summed E-state index contributed by atoms with van der Waals surface area (Å²) in [6.07, 6.45) is 0. The molecule has 1 nitrogen and oxygen atoms in total. The van der Waals surface area contributed by atoms with Crippen molar-refractivity contribution >= 4 is 32.9 Å². The summed E-state index contributed by atoms with van der Waals surface area (Å²) in [6, 6.07) is 0. The van der Waals surface area contributed by atoms with Gasteiger partial charge < -0.3 is 5.73 Å². The van der Waals surface area contributed by atoms with Crippen molar-refractivity contribution in [2.24, 2.45) is 5.73 Å². The van der Waals surface area contributed by atoms with Gasteiger partial charge in [-0.05, 0) is 0 Å². The zero-order valence-electron chi connectivity index (χ0n) is 2.07. The Morgan fingerprint density at radius 3 is 1.75 bits per heavy atom. The Balaban J connectivity index is 0. The summed E-state index contributed by atoms with van der Waals surface area (Å²) in [7, 11) is 0. The van der Waals surface area contributed by atoms with E-state index >= 15 is 0 Å². The van der Waals surface area contributed by atoms with Gasteiger partial charge in [0.25, 0.3) is 0 Å². The van der Waals surface area contributed by atoms with E-state index in [0.29, 0.717) is 5.45 Å². The monoisotopic (exact) mass is 189 g/mol. The molecule has 0 amide bonds. The van der Waals surface area contributed by atoms with E-state index in [1.165, 1.54) is 0 Å². The van der Waals surface area contributed by atoms with Gasteiger partial charge in [-0.2, -0.15) is 0 Å². The molecule has 0 rings (SSSR count). The summed E-state index contributed by atoms with van der Waals surface area (Å²) in [5.41, 5.74) is 5.33. The molecule has 0 radical (unpaired) electrons. The van der Waals surface area contributed by atoms with Crippen LogP contribution in [0.2, 0.25) is 0 Å². The molecule has 0 saturated heterocycles. The number of nitrogens with two attached hydrogens (primary N) is 1. The van der Waals surface area contributed by atoms with Crippen molar-refractivity contribution in [2.45, 2.75) is 0 Å². The second kappa shape index (κ2) is 9.07. The molecule has 3 heteroatoms. The maximum Gasteiger partial charge on any atom is 0.0492 e. The maximum absolute atomic E-state index is 4.76. The van der Waals surface area contributed by atoms with Crippen LogP contribution in [0.4, 0.5) is 0 Å². The molecule has 0 aliphatic rings. The minimum absolute atomic E-state index is 0. The van der Waals surface area contributed by atoms with Crippen molar-refractivity contribution in [3.8, 4) is 0 Å². The number of rotatable bonds is 0. The summed E-state index contributed by atoms with van der Waals surface area (Å²) in [6.45, 7) is 0. The molecule has 0 aromatic carbocycles. The van der Waals surface area contributed by atoms with Gasteiger partial charge in [-0.25, -0.2) is 0 Å². The zero-order chi connectivity index (χ0) is 2.71. The van der Waals surface area contributed by atoms with Crippen molar-refractivity contribution in [3.05, 3.63) is 0 Å². The average Bonchev–Trinajstić information content (AvgIpc) is 0.918. The van der Waals surface area contributed by atoms with Crippen molar-refractivity contribution in [1.82, 2.24) is 0 Å². The number of halogens is 2. The van der Waals surface area contributed by atoms with Crippen LogP contribution < -0.4 is 5.73 Å². The highest BCUT2D eigenvalue weighted by Crippen LogP contribution is 1.57. The molecule has 0 aliphatic heterocycles. The fraction of sp³-hybridized carbons (Fsp3) is 1.00. The van der Waals surface area contributed by atoms with Gasteiger partial charge >= 0.3 is 0 Å². The highest BCUT2D eigenvalue weighted by molar-refractivity contribution is 9.09. The van der Waals surface area contributed by atoms with Crippen LogP contribution in [0.3, 0.4) is 0 Å². The Bertz CT molecular complexity index is 6.00. The minimum atomic E-state index is 0. The normalized spacial score (nSPS) is 4.50. The molecule has 0 heterocycles. The van der Waals surface area contributed by atoms with Crippen LogP contribution in [0.1, 0.15) is 0 Å². The highest BCUT2D eigenvalue weighted by Gasteiger charge is 1.35. The Hall–Kier alpha value is 0.920. The van der Waals surface area contributed by atoms with Crippen LogP contribution >= 0.6 is 32.9 Å². The smallest absolute Gasteiger partial charge is 0.0492 e. The standard InChI is InChI=1S/CH4BrN.BrH/c2-1-3;/h1,3H2;1H.